The number of amides is 2. The molecule has 2 heterocycles. The number of halogens is 4. The lowest BCUT2D eigenvalue weighted by molar-refractivity contribution is -0.140. The van der Waals surface area contributed by atoms with Crippen molar-refractivity contribution in [1.29, 1.82) is 0 Å². The van der Waals surface area contributed by atoms with Gasteiger partial charge in [0.1, 0.15) is 22.8 Å². The van der Waals surface area contributed by atoms with Crippen molar-refractivity contribution in [3.05, 3.63) is 70.0 Å². The van der Waals surface area contributed by atoms with Gasteiger partial charge >= 0.3 is 12.3 Å². The highest BCUT2D eigenvalue weighted by Crippen LogP contribution is 2.35. The predicted molar refractivity (Wildman–Crippen MR) is 151 cm³/mol. The number of aliphatic imine (C=N–C) groups is 1. The zero-order valence-electron chi connectivity index (χ0n) is 24.3. The van der Waals surface area contributed by atoms with Gasteiger partial charge in [0, 0.05) is 25.2 Å². The van der Waals surface area contributed by atoms with Crippen LogP contribution in [0.25, 0.3) is 0 Å². The number of ether oxygens (including phenoxy) is 1. The zero-order valence-corrected chi connectivity index (χ0v) is 25.1. The fourth-order valence-electron chi connectivity index (χ4n) is 5.02. The standard InChI is InChI=1S/C29H34F4N4O5S/c1-18-15-19(17-34-26(39)42-27(2,3)4)5-6-20(18)9-14-43(40,41)37-12-10-28(11-13-37)25(38)35-24(36-28)21-7-8-23(30)22(16-21)29(31,32)33/h5-8,15-16H,9-14,17H2,1-4H3,(H,34,39)(H,35,36,38). The number of carbonyl (C=O) groups is 2. The number of aryl methyl sites for hydroxylation is 2. The van der Waals surface area contributed by atoms with Gasteiger partial charge in [0.25, 0.3) is 5.91 Å². The number of amidine groups is 1. The summed E-state index contributed by atoms with van der Waals surface area (Å²) in [4.78, 5) is 29.1. The number of alkyl halides is 3. The van der Waals surface area contributed by atoms with Crippen molar-refractivity contribution in [2.45, 2.75) is 70.8 Å². The van der Waals surface area contributed by atoms with Gasteiger partial charge in [0.05, 0.1) is 11.3 Å². The Labute approximate surface area is 247 Å². The van der Waals surface area contributed by atoms with Gasteiger partial charge in [-0.2, -0.15) is 13.2 Å². The van der Waals surface area contributed by atoms with Gasteiger partial charge in [0.15, 0.2) is 0 Å². The number of rotatable bonds is 7. The molecule has 1 fully saturated rings. The van der Waals surface area contributed by atoms with E-state index in [4.69, 9.17) is 4.74 Å². The van der Waals surface area contributed by atoms with Crippen molar-refractivity contribution < 1.29 is 40.3 Å². The Morgan fingerprint density at radius 2 is 1.79 bits per heavy atom. The normalized spacial score (nSPS) is 17.5. The summed E-state index contributed by atoms with van der Waals surface area (Å²) in [6.45, 7) is 7.45. The first-order valence-electron chi connectivity index (χ1n) is 13.7. The summed E-state index contributed by atoms with van der Waals surface area (Å²) < 4.78 is 86.0. The van der Waals surface area contributed by atoms with Crippen molar-refractivity contribution in [2.75, 3.05) is 18.8 Å². The van der Waals surface area contributed by atoms with Crippen molar-refractivity contribution in [1.82, 2.24) is 14.9 Å². The van der Waals surface area contributed by atoms with Crippen LogP contribution in [0.3, 0.4) is 0 Å². The summed E-state index contributed by atoms with van der Waals surface area (Å²) in [5.74, 6) is -2.23. The summed E-state index contributed by atoms with van der Waals surface area (Å²) >= 11 is 0. The van der Waals surface area contributed by atoms with Gasteiger partial charge in [-0.05, 0) is 81.8 Å². The fourth-order valence-corrected chi connectivity index (χ4v) is 6.50. The van der Waals surface area contributed by atoms with E-state index in [1.807, 2.05) is 25.1 Å². The SMILES string of the molecule is Cc1cc(CNC(=O)OC(C)(C)C)ccc1CCS(=O)(=O)N1CCC2(CC1)N=C(c1ccc(F)c(C(F)(F)F)c1)NC2=O. The van der Waals surface area contributed by atoms with Gasteiger partial charge in [-0.15, -0.1) is 0 Å². The molecule has 1 spiro atoms. The molecule has 0 aliphatic carbocycles. The Hall–Kier alpha value is -3.52. The molecule has 2 aliphatic rings. The number of hydrogen-bond acceptors (Lipinski definition) is 6. The van der Waals surface area contributed by atoms with Gasteiger partial charge in [-0.1, -0.05) is 18.2 Å². The number of hydrogen-bond donors (Lipinski definition) is 2. The average Bonchev–Trinajstić information content (AvgIpc) is 3.20. The second-order valence-corrected chi connectivity index (χ2v) is 13.8. The minimum atomic E-state index is -4.92. The molecule has 0 radical (unpaired) electrons. The fraction of sp³-hybridized carbons (Fsp3) is 0.483. The maximum atomic E-state index is 13.7. The molecule has 0 bridgehead atoms. The van der Waals surface area contributed by atoms with Crippen LogP contribution in [0, 0.1) is 12.7 Å². The lowest BCUT2D eigenvalue weighted by Gasteiger charge is -2.34. The van der Waals surface area contributed by atoms with Crippen LogP contribution in [0.5, 0.6) is 0 Å². The number of nitrogens with one attached hydrogen (secondary N) is 2. The van der Waals surface area contributed by atoms with Crippen molar-refractivity contribution in [2.24, 2.45) is 4.99 Å². The van der Waals surface area contributed by atoms with E-state index in [9.17, 15) is 35.6 Å². The van der Waals surface area contributed by atoms with Crippen LogP contribution in [0.1, 0.15) is 61.4 Å². The topological polar surface area (TPSA) is 117 Å². The minimum absolute atomic E-state index is 0.0119. The molecule has 2 aliphatic heterocycles. The maximum Gasteiger partial charge on any atom is 0.419 e. The third-order valence-corrected chi connectivity index (χ3v) is 9.21. The molecular formula is C29H34F4N4O5S. The number of piperidine rings is 1. The lowest BCUT2D eigenvalue weighted by atomic mass is 9.89. The van der Waals surface area contributed by atoms with Crippen LogP contribution in [0.2, 0.25) is 0 Å². The Morgan fingerprint density at radius 3 is 2.40 bits per heavy atom. The summed E-state index contributed by atoms with van der Waals surface area (Å²) in [5, 5.41) is 5.17. The van der Waals surface area contributed by atoms with Crippen LogP contribution < -0.4 is 10.6 Å². The number of sulfonamides is 1. The Balaban J connectivity index is 1.36. The maximum absolute atomic E-state index is 13.7. The van der Waals surface area contributed by atoms with Crippen LogP contribution in [0.15, 0.2) is 41.4 Å². The van der Waals surface area contributed by atoms with Crippen LogP contribution >= 0.6 is 0 Å². The lowest BCUT2D eigenvalue weighted by Crippen LogP contribution is -2.50. The number of nitrogens with zero attached hydrogens (tertiary/aromatic N) is 2. The quantitative estimate of drug-likeness (QED) is 0.441. The van der Waals surface area contributed by atoms with E-state index in [-0.39, 0.29) is 56.0 Å². The average molecular weight is 627 g/mol. The highest BCUT2D eigenvalue weighted by Gasteiger charge is 2.47. The first-order chi connectivity index (χ1) is 19.9. The second-order valence-electron chi connectivity index (χ2n) is 11.7. The highest BCUT2D eigenvalue weighted by molar-refractivity contribution is 7.89. The molecule has 1 saturated heterocycles. The predicted octanol–water partition coefficient (Wildman–Crippen LogP) is 4.46. The Bertz CT molecular complexity index is 1540. The van der Waals surface area contributed by atoms with Crippen molar-refractivity contribution in [3.63, 3.8) is 0 Å². The molecule has 0 saturated carbocycles. The van der Waals surface area contributed by atoms with Gasteiger partial charge in [-0.3, -0.25) is 9.79 Å². The number of alkyl carbamates (subject to hydrolysis) is 1. The third-order valence-electron chi connectivity index (χ3n) is 7.34. The van der Waals surface area contributed by atoms with E-state index in [1.54, 1.807) is 20.8 Å². The number of carbonyl (C=O) groups excluding carboxylic acids is 2. The zero-order chi connectivity index (χ0) is 31.8. The molecule has 0 aromatic heterocycles. The third kappa shape index (κ3) is 7.71. The minimum Gasteiger partial charge on any atom is -0.444 e. The molecule has 4 rings (SSSR count). The van der Waals surface area contributed by atoms with E-state index in [0.29, 0.717) is 12.1 Å². The molecule has 0 unspecified atom stereocenters. The second kappa shape index (κ2) is 11.9. The monoisotopic (exact) mass is 626 g/mol. The molecular weight excluding hydrogens is 592 g/mol. The summed E-state index contributed by atoms with van der Waals surface area (Å²) in [6.07, 6.45) is -5.10. The van der Waals surface area contributed by atoms with E-state index in [0.717, 1.165) is 22.8 Å². The largest absolute Gasteiger partial charge is 0.444 e. The van der Waals surface area contributed by atoms with E-state index in [2.05, 4.69) is 15.6 Å². The van der Waals surface area contributed by atoms with Crippen LogP contribution in [-0.2, 0) is 38.7 Å². The number of benzene rings is 2. The molecule has 14 heteroatoms. The summed E-state index contributed by atoms with van der Waals surface area (Å²) in [5.41, 5.74) is -0.940. The highest BCUT2D eigenvalue weighted by atomic mass is 32.2. The van der Waals surface area contributed by atoms with Crippen LogP contribution in [-0.4, -0.2) is 60.5 Å². The Kier molecular flexibility index (Phi) is 8.94. The van der Waals surface area contributed by atoms with E-state index >= 15 is 0 Å². The van der Waals surface area contributed by atoms with Gasteiger partial charge < -0.3 is 15.4 Å². The summed E-state index contributed by atoms with van der Waals surface area (Å²) in [7, 11) is -3.69. The Morgan fingerprint density at radius 1 is 1.12 bits per heavy atom. The molecule has 2 aromatic rings. The van der Waals surface area contributed by atoms with Gasteiger partial charge in [0.2, 0.25) is 10.0 Å². The molecule has 2 N–H and O–H groups in total. The smallest absolute Gasteiger partial charge is 0.419 e. The van der Waals surface area contributed by atoms with Crippen molar-refractivity contribution >= 4 is 27.9 Å². The van der Waals surface area contributed by atoms with E-state index < -0.39 is 50.7 Å². The van der Waals surface area contributed by atoms with Gasteiger partial charge in [-0.25, -0.2) is 21.9 Å². The van der Waals surface area contributed by atoms with Crippen LogP contribution in [0.4, 0.5) is 22.4 Å². The molecule has 2 amide bonds. The first kappa shape index (κ1) is 32.4. The summed E-state index contributed by atoms with van der Waals surface area (Å²) in [6, 6.07) is 7.87. The van der Waals surface area contributed by atoms with E-state index in [1.165, 1.54) is 4.31 Å². The molecule has 2 aromatic carbocycles. The molecule has 0 atom stereocenters. The molecule has 9 nitrogen and oxygen atoms in total. The van der Waals surface area contributed by atoms with Crippen molar-refractivity contribution in [3.8, 4) is 0 Å². The first-order valence-corrected chi connectivity index (χ1v) is 15.3. The molecule has 234 valence electrons. The molecule has 43 heavy (non-hydrogen) atoms.